The van der Waals surface area contributed by atoms with E-state index in [-0.39, 0.29) is 18.3 Å². The summed E-state index contributed by atoms with van der Waals surface area (Å²) >= 11 is 0. The Morgan fingerprint density at radius 1 is 1.00 bits per heavy atom. The summed E-state index contributed by atoms with van der Waals surface area (Å²) in [5.74, 6) is 0. The van der Waals surface area contributed by atoms with Gasteiger partial charge in [-0.2, -0.15) is 0 Å². The molecule has 1 aliphatic heterocycles. The van der Waals surface area contributed by atoms with E-state index in [4.69, 9.17) is 9.31 Å². The van der Waals surface area contributed by atoms with Crippen molar-refractivity contribution in [3.05, 3.63) is 41.9 Å². The maximum Gasteiger partial charge on any atom is 0.490 e. The SMILES string of the molecule is CCC/C=C(/B1OC(C)(C)C(C)(C)O1)C(CCC)[Si](C)(C)c1ccccc1. The lowest BCUT2D eigenvalue weighted by Crippen LogP contribution is -2.48. The largest absolute Gasteiger partial charge is 0.490 e. The van der Waals surface area contributed by atoms with Gasteiger partial charge in [0, 0.05) is 0 Å². The topological polar surface area (TPSA) is 18.5 Å². The summed E-state index contributed by atoms with van der Waals surface area (Å²) in [7, 11) is -1.96. The van der Waals surface area contributed by atoms with Crippen LogP contribution < -0.4 is 5.19 Å². The van der Waals surface area contributed by atoms with E-state index in [2.05, 4.69) is 91.0 Å². The predicted octanol–water partition coefficient (Wildman–Crippen LogP) is 6.13. The van der Waals surface area contributed by atoms with Gasteiger partial charge in [-0.15, -0.1) is 0 Å². The van der Waals surface area contributed by atoms with Crippen molar-refractivity contribution in [1.29, 1.82) is 0 Å². The summed E-state index contributed by atoms with van der Waals surface area (Å²) in [6.07, 6.45) is 7.03. The molecular weight excluding hydrogens is 347 g/mol. The molecule has 0 N–H and O–H groups in total. The molecule has 1 aromatic carbocycles. The molecular formula is C23H39BO2Si. The Morgan fingerprint density at radius 2 is 1.56 bits per heavy atom. The van der Waals surface area contributed by atoms with Gasteiger partial charge in [-0.3, -0.25) is 0 Å². The Balaban J connectivity index is 2.46. The van der Waals surface area contributed by atoms with E-state index in [1.54, 1.807) is 0 Å². The molecule has 0 spiro atoms. The molecule has 1 heterocycles. The van der Waals surface area contributed by atoms with Crippen LogP contribution >= 0.6 is 0 Å². The van der Waals surface area contributed by atoms with Crippen LogP contribution in [0.15, 0.2) is 41.9 Å². The number of hydrogen-bond donors (Lipinski definition) is 0. The third-order valence-electron chi connectivity index (χ3n) is 6.56. The molecule has 0 aromatic heterocycles. The molecule has 2 rings (SSSR count). The molecule has 1 aromatic rings. The molecule has 150 valence electrons. The van der Waals surface area contributed by atoms with Gasteiger partial charge in [-0.05, 0) is 51.6 Å². The summed E-state index contributed by atoms with van der Waals surface area (Å²) in [5.41, 5.74) is 1.32. The second kappa shape index (κ2) is 8.67. The maximum absolute atomic E-state index is 6.51. The molecule has 1 aliphatic rings. The first-order valence-electron chi connectivity index (χ1n) is 10.7. The zero-order chi connectivity index (χ0) is 20.3. The molecule has 27 heavy (non-hydrogen) atoms. The summed E-state index contributed by atoms with van der Waals surface area (Å²) in [5, 5.41) is 1.52. The third-order valence-corrected chi connectivity index (χ3v) is 10.7. The minimum absolute atomic E-state index is 0.228. The fraction of sp³-hybridized carbons (Fsp3) is 0.652. The zero-order valence-electron chi connectivity index (χ0n) is 18.8. The van der Waals surface area contributed by atoms with Crippen LogP contribution in [0.3, 0.4) is 0 Å². The van der Waals surface area contributed by atoms with E-state index >= 15 is 0 Å². The zero-order valence-corrected chi connectivity index (χ0v) is 19.8. The first-order valence-corrected chi connectivity index (χ1v) is 13.8. The summed E-state index contributed by atoms with van der Waals surface area (Å²) in [6.45, 7) is 18.2. The molecule has 0 aliphatic carbocycles. The number of hydrogen-bond acceptors (Lipinski definition) is 2. The third kappa shape index (κ3) is 4.78. The normalized spacial score (nSPS) is 20.7. The van der Waals surface area contributed by atoms with Crippen molar-refractivity contribution < 1.29 is 9.31 Å². The van der Waals surface area contributed by atoms with Crippen molar-refractivity contribution in [3.8, 4) is 0 Å². The van der Waals surface area contributed by atoms with Gasteiger partial charge >= 0.3 is 7.12 Å². The number of benzene rings is 1. The Labute approximate surface area is 168 Å². The molecule has 0 radical (unpaired) electrons. The van der Waals surface area contributed by atoms with Crippen LogP contribution in [-0.2, 0) is 9.31 Å². The van der Waals surface area contributed by atoms with Crippen LogP contribution in [0.2, 0.25) is 18.6 Å². The number of rotatable bonds is 8. The van der Waals surface area contributed by atoms with Crippen molar-refractivity contribution in [2.75, 3.05) is 0 Å². The van der Waals surface area contributed by atoms with Crippen molar-refractivity contribution in [3.63, 3.8) is 0 Å². The maximum atomic E-state index is 6.51. The van der Waals surface area contributed by atoms with Crippen molar-refractivity contribution in [2.24, 2.45) is 0 Å². The molecule has 0 bridgehead atoms. The first-order chi connectivity index (χ1) is 12.6. The lowest BCUT2D eigenvalue weighted by atomic mass is 9.74. The van der Waals surface area contributed by atoms with Gasteiger partial charge in [0.15, 0.2) is 0 Å². The summed E-state index contributed by atoms with van der Waals surface area (Å²) in [4.78, 5) is 0. The fourth-order valence-corrected chi connectivity index (χ4v) is 7.55. The van der Waals surface area contributed by atoms with E-state index in [1.165, 1.54) is 23.5 Å². The van der Waals surface area contributed by atoms with Gasteiger partial charge in [-0.25, -0.2) is 0 Å². The van der Waals surface area contributed by atoms with Gasteiger partial charge in [0.1, 0.15) is 0 Å². The smallest absolute Gasteiger partial charge is 0.400 e. The number of unbranched alkanes of at least 4 members (excludes halogenated alkanes) is 1. The van der Waals surface area contributed by atoms with Crippen molar-refractivity contribution in [2.45, 2.75) is 97.1 Å². The Morgan fingerprint density at radius 3 is 2.04 bits per heavy atom. The van der Waals surface area contributed by atoms with Gasteiger partial charge in [0.05, 0.1) is 19.3 Å². The van der Waals surface area contributed by atoms with Crippen LogP contribution in [0.1, 0.15) is 67.2 Å². The molecule has 1 fully saturated rings. The second-order valence-electron chi connectivity index (χ2n) is 9.51. The van der Waals surface area contributed by atoms with E-state index in [0.717, 1.165) is 12.8 Å². The molecule has 1 atom stereocenters. The van der Waals surface area contributed by atoms with E-state index in [1.807, 2.05) is 0 Å². The van der Waals surface area contributed by atoms with E-state index in [9.17, 15) is 0 Å². The molecule has 1 unspecified atom stereocenters. The lowest BCUT2D eigenvalue weighted by molar-refractivity contribution is 0.00578. The highest BCUT2D eigenvalue weighted by atomic mass is 28.3. The Kier molecular flexibility index (Phi) is 7.21. The van der Waals surface area contributed by atoms with Crippen molar-refractivity contribution >= 4 is 20.4 Å². The highest BCUT2D eigenvalue weighted by Gasteiger charge is 2.54. The number of allylic oxidation sites excluding steroid dienone is 2. The van der Waals surface area contributed by atoms with Crippen LogP contribution in [-0.4, -0.2) is 26.4 Å². The summed E-state index contributed by atoms with van der Waals surface area (Å²) < 4.78 is 13.0. The molecule has 0 saturated carbocycles. The monoisotopic (exact) mass is 386 g/mol. The Bertz CT molecular complexity index is 621. The standard InChI is InChI=1S/C23H39BO2Si/c1-9-11-18-20(24-25-22(3,4)23(5,6)26-24)21(15-10-2)27(7,8)19-16-13-12-14-17-19/h12-14,16-18,21H,9-11,15H2,1-8H3/b20-18+. The molecule has 0 amide bonds. The minimum atomic E-state index is -1.73. The van der Waals surface area contributed by atoms with Gasteiger partial charge in [-0.1, -0.05) is 81.4 Å². The summed E-state index contributed by atoms with van der Waals surface area (Å²) in [6, 6.07) is 11.1. The fourth-order valence-electron chi connectivity index (χ4n) is 3.99. The van der Waals surface area contributed by atoms with Gasteiger partial charge in [0.2, 0.25) is 0 Å². The quantitative estimate of drug-likeness (QED) is 0.500. The van der Waals surface area contributed by atoms with Crippen LogP contribution in [0, 0.1) is 0 Å². The van der Waals surface area contributed by atoms with Gasteiger partial charge < -0.3 is 9.31 Å². The average molecular weight is 386 g/mol. The first kappa shape index (κ1) is 22.5. The average Bonchev–Trinajstić information content (AvgIpc) is 2.82. The molecule has 1 saturated heterocycles. The van der Waals surface area contributed by atoms with Crippen molar-refractivity contribution in [1.82, 2.24) is 0 Å². The van der Waals surface area contributed by atoms with E-state index < -0.39 is 8.07 Å². The second-order valence-corrected chi connectivity index (χ2v) is 14.2. The highest BCUT2D eigenvalue weighted by Crippen LogP contribution is 2.44. The minimum Gasteiger partial charge on any atom is -0.400 e. The van der Waals surface area contributed by atoms with Crippen LogP contribution in [0.4, 0.5) is 0 Å². The van der Waals surface area contributed by atoms with Gasteiger partial charge in [0.25, 0.3) is 0 Å². The lowest BCUT2D eigenvalue weighted by Gasteiger charge is -2.36. The molecule has 4 heteroatoms. The predicted molar refractivity (Wildman–Crippen MR) is 121 cm³/mol. The van der Waals surface area contributed by atoms with Crippen LogP contribution in [0.25, 0.3) is 0 Å². The van der Waals surface area contributed by atoms with E-state index in [0.29, 0.717) is 5.54 Å². The van der Waals surface area contributed by atoms with Crippen LogP contribution in [0.5, 0.6) is 0 Å². The molecule has 2 nitrogen and oxygen atoms in total. The Hall–Kier alpha value is -0.838. The highest BCUT2D eigenvalue weighted by molar-refractivity contribution is 6.92.